The Morgan fingerprint density at radius 2 is 1.76 bits per heavy atom. The summed E-state index contributed by atoms with van der Waals surface area (Å²) in [6.45, 7) is 0.121. The maximum Gasteiger partial charge on any atom is 0.148 e. The van der Waals surface area contributed by atoms with E-state index in [1.54, 1.807) is 12.1 Å². The molecule has 0 spiro atoms. The average Bonchev–Trinajstić information content (AvgIpc) is 3.07. The van der Waals surface area contributed by atoms with Gasteiger partial charge in [0.05, 0.1) is 16.1 Å². The van der Waals surface area contributed by atoms with Gasteiger partial charge in [0, 0.05) is 11.1 Å². The molecule has 0 aliphatic carbocycles. The highest BCUT2D eigenvalue weighted by Gasteiger charge is 2.08. The number of fused-ring (bicyclic) bond motifs is 1. The van der Waals surface area contributed by atoms with E-state index in [1.807, 2.05) is 48.5 Å². The Morgan fingerprint density at radius 3 is 2.56 bits per heavy atom. The largest absolute Gasteiger partial charge is 0.489 e. The van der Waals surface area contributed by atoms with E-state index in [-0.39, 0.29) is 11.6 Å². The Balaban J connectivity index is 1.51. The second kappa shape index (κ2) is 6.57. The van der Waals surface area contributed by atoms with Gasteiger partial charge in [-0.3, -0.25) is 0 Å². The highest BCUT2D eigenvalue weighted by Crippen LogP contribution is 2.24. The quantitative estimate of drug-likeness (QED) is 0.519. The SMILES string of the molecule is Fc1c(Cl)cccc1COc1ccc(-c2nc3ccccc3[nH]2)cc1. The molecule has 4 aromatic rings. The minimum atomic E-state index is -0.442. The fraction of sp³-hybridized carbons (Fsp3) is 0.0500. The van der Waals surface area contributed by atoms with Crippen LogP contribution < -0.4 is 4.74 Å². The van der Waals surface area contributed by atoms with E-state index < -0.39 is 5.82 Å². The predicted molar refractivity (Wildman–Crippen MR) is 97.3 cm³/mol. The molecule has 1 heterocycles. The fourth-order valence-corrected chi connectivity index (χ4v) is 2.81. The lowest BCUT2D eigenvalue weighted by Crippen LogP contribution is -1.98. The maximum absolute atomic E-state index is 13.9. The standard InChI is InChI=1S/C20H14ClFN2O/c21-16-5-3-4-14(19(16)22)12-25-15-10-8-13(9-11-15)20-23-17-6-1-2-7-18(17)24-20/h1-11H,12H2,(H,23,24). The van der Waals surface area contributed by atoms with E-state index in [0.29, 0.717) is 11.3 Å². The zero-order valence-electron chi connectivity index (χ0n) is 13.2. The molecule has 1 N–H and O–H groups in total. The van der Waals surface area contributed by atoms with Crippen molar-refractivity contribution in [1.82, 2.24) is 9.97 Å². The predicted octanol–water partition coefficient (Wildman–Crippen LogP) is 5.60. The number of hydrogen-bond donors (Lipinski definition) is 1. The molecular formula is C20H14ClFN2O. The molecule has 124 valence electrons. The van der Waals surface area contributed by atoms with Gasteiger partial charge in [0.15, 0.2) is 0 Å². The molecule has 0 atom stereocenters. The average molecular weight is 353 g/mol. The minimum Gasteiger partial charge on any atom is -0.489 e. The van der Waals surface area contributed by atoms with E-state index in [9.17, 15) is 4.39 Å². The number of halogens is 2. The number of nitrogens with one attached hydrogen (secondary N) is 1. The highest BCUT2D eigenvalue weighted by atomic mass is 35.5. The van der Waals surface area contributed by atoms with Crippen LogP contribution in [0.3, 0.4) is 0 Å². The summed E-state index contributed by atoms with van der Waals surface area (Å²) in [6, 6.07) is 20.3. The Hall–Kier alpha value is -2.85. The summed E-state index contributed by atoms with van der Waals surface area (Å²) in [4.78, 5) is 7.85. The normalized spacial score (nSPS) is 11.0. The zero-order valence-corrected chi connectivity index (χ0v) is 13.9. The molecule has 5 heteroatoms. The summed E-state index contributed by atoms with van der Waals surface area (Å²) in [5, 5.41) is 0.0985. The van der Waals surface area contributed by atoms with E-state index in [0.717, 1.165) is 22.4 Å². The number of aromatic amines is 1. The van der Waals surface area contributed by atoms with Crippen molar-refractivity contribution >= 4 is 22.6 Å². The molecule has 0 unspecified atom stereocenters. The Morgan fingerprint density at radius 1 is 0.960 bits per heavy atom. The van der Waals surface area contributed by atoms with Gasteiger partial charge in [-0.05, 0) is 42.5 Å². The summed E-state index contributed by atoms with van der Waals surface area (Å²) in [5.74, 6) is 1.01. The summed E-state index contributed by atoms with van der Waals surface area (Å²) < 4.78 is 19.5. The molecular weight excluding hydrogens is 339 g/mol. The smallest absolute Gasteiger partial charge is 0.148 e. The van der Waals surface area contributed by atoms with E-state index >= 15 is 0 Å². The van der Waals surface area contributed by atoms with Crippen LogP contribution >= 0.6 is 11.6 Å². The first kappa shape index (κ1) is 15.7. The van der Waals surface area contributed by atoms with Crippen LogP contribution in [-0.4, -0.2) is 9.97 Å². The van der Waals surface area contributed by atoms with Crippen LogP contribution in [0.2, 0.25) is 5.02 Å². The summed E-state index contributed by atoms with van der Waals surface area (Å²) in [5.41, 5.74) is 3.30. The van der Waals surface area contributed by atoms with Crippen molar-refractivity contribution in [3.8, 4) is 17.1 Å². The molecule has 4 rings (SSSR count). The number of para-hydroxylation sites is 2. The molecule has 3 aromatic carbocycles. The molecule has 0 aliphatic heterocycles. The van der Waals surface area contributed by atoms with Gasteiger partial charge in [0.2, 0.25) is 0 Å². The number of hydrogen-bond acceptors (Lipinski definition) is 2. The van der Waals surface area contributed by atoms with E-state index in [2.05, 4.69) is 9.97 Å². The van der Waals surface area contributed by atoms with Crippen molar-refractivity contribution in [1.29, 1.82) is 0 Å². The number of benzene rings is 3. The van der Waals surface area contributed by atoms with Gasteiger partial charge in [-0.25, -0.2) is 9.37 Å². The molecule has 1 aromatic heterocycles. The first-order valence-corrected chi connectivity index (χ1v) is 8.19. The molecule has 0 saturated carbocycles. The van der Waals surface area contributed by atoms with E-state index in [1.165, 1.54) is 6.07 Å². The molecule has 0 aliphatic rings. The van der Waals surface area contributed by atoms with Gasteiger partial charge in [0.25, 0.3) is 0 Å². The van der Waals surface area contributed by atoms with Crippen LogP contribution in [0.4, 0.5) is 4.39 Å². The van der Waals surface area contributed by atoms with Crippen LogP contribution in [-0.2, 0) is 6.61 Å². The van der Waals surface area contributed by atoms with Gasteiger partial charge < -0.3 is 9.72 Å². The van der Waals surface area contributed by atoms with Crippen LogP contribution in [0, 0.1) is 5.82 Å². The van der Waals surface area contributed by atoms with E-state index in [4.69, 9.17) is 16.3 Å². The van der Waals surface area contributed by atoms with Gasteiger partial charge >= 0.3 is 0 Å². The molecule has 25 heavy (non-hydrogen) atoms. The Kier molecular flexibility index (Phi) is 4.12. The Labute approximate surface area is 149 Å². The topological polar surface area (TPSA) is 37.9 Å². The number of nitrogens with zero attached hydrogens (tertiary/aromatic N) is 1. The molecule has 0 saturated heterocycles. The zero-order chi connectivity index (χ0) is 17.2. The first-order valence-electron chi connectivity index (χ1n) is 7.81. The summed E-state index contributed by atoms with van der Waals surface area (Å²) in [7, 11) is 0. The number of ether oxygens (including phenoxy) is 1. The highest BCUT2D eigenvalue weighted by molar-refractivity contribution is 6.30. The second-order valence-corrected chi connectivity index (χ2v) is 6.04. The first-order chi connectivity index (χ1) is 12.2. The van der Waals surface area contributed by atoms with Crippen molar-refractivity contribution in [2.75, 3.05) is 0 Å². The monoisotopic (exact) mass is 352 g/mol. The van der Waals surface area contributed by atoms with Gasteiger partial charge in [-0.15, -0.1) is 0 Å². The van der Waals surface area contributed by atoms with Gasteiger partial charge in [0.1, 0.15) is 24.0 Å². The molecule has 3 nitrogen and oxygen atoms in total. The van der Waals surface area contributed by atoms with Crippen molar-refractivity contribution in [3.63, 3.8) is 0 Å². The number of aromatic nitrogens is 2. The fourth-order valence-electron chi connectivity index (χ4n) is 2.62. The molecule has 0 amide bonds. The number of rotatable bonds is 4. The van der Waals surface area contributed by atoms with Crippen LogP contribution in [0.25, 0.3) is 22.4 Å². The van der Waals surface area contributed by atoms with Crippen molar-refractivity contribution in [3.05, 3.63) is 83.1 Å². The minimum absolute atomic E-state index is 0.0985. The number of imidazole rings is 1. The van der Waals surface area contributed by atoms with Crippen LogP contribution in [0.5, 0.6) is 5.75 Å². The van der Waals surface area contributed by atoms with Gasteiger partial charge in [-0.1, -0.05) is 35.9 Å². The maximum atomic E-state index is 13.9. The third-order valence-electron chi connectivity index (χ3n) is 3.94. The van der Waals surface area contributed by atoms with Crippen molar-refractivity contribution in [2.24, 2.45) is 0 Å². The third-order valence-corrected chi connectivity index (χ3v) is 4.23. The lowest BCUT2D eigenvalue weighted by Gasteiger charge is -2.08. The third kappa shape index (κ3) is 3.21. The molecule has 0 radical (unpaired) electrons. The van der Waals surface area contributed by atoms with Crippen molar-refractivity contribution < 1.29 is 9.13 Å². The second-order valence-electron chi connectivity index (χ2n) is 5.63. The van der Waals surface area contributed by atoms with Crippen LogP contribution in [0.1, 0.15) is 5.56 Å². The number of H-pyrrole nitrogens is 1. The lowest BCUT2D eigenvalue weighted by molar-refractivity contribution is 0.300. The molecule has 0 fully saturated rings. The lowest BCUT2D eigenvalue weighted by atomic mass is 10.2. The van der Waals surface area contributed by atoms with Gasteiger partial charge in [-0.2, -0.15) is 0 Å². The summed E-state index contributed by atoms with van der Waals surface area (Å²) >= 11 is 5.78. The van der Waals surface area contributed by atoms with Crippen LogP contribution in [0.15, 0.2) is 66.7 Å². The summed E-state index contributed by atoms with van der Waals surface area (Å²) in [6.07, 6.45) is 0. The Bertz CT molecular complexity index is 994. The molecule has 0 bridgehead atoms. The van der Waals surface area contributed by atoms with Crippen molar-refractivity contribution in [2.45, 2.75) is 6.61 Å².